The van der Waals surface area contributed by atoms with E-state index in [-0.39, 0.29) is 52.4 Å². The van der Waals surface area contributed by atoms with Gasteiger partial charge in [0.15, 0.2) is 46.8 Å². The SMILES string of the molecule is CO[C@H]1C(OP(=O)([O-])OC[C@H]2O[C@@H](n3cnc4c(=O)[nH]c(N)nc43)[C@@H](O)C2OC(C)C)[C@@H](COP(=O)([O-])OP(=O)([O-])OP(=O)([O-])OC[C@H]2O[C@@H](N3CN(C)c4c3nc(N)[nH]c4=O)C(O)[C@H]2O)O[C@H]1n1cnc2c(=O)[nH]c(N)nc21. The van der Waals surface area contributed by atoms with Crippen LogP contribution < -0.4 is 63.3 Å². The maximum atomic E-state index is 13.8. The van der Waals surface area contributed by atoms with Gasteiger partial charge in [-0.3, -0.25) is 56.7 Å². The van der Waals surface area contributed by atoms with Crippen molar-refractivity contribution in [3.05, 3.63) is 43.7 Å². The van der Waals surface area contributed by atoms with E-state index in [0.29, 0.717) is 0 Å². The Morgan fingerprint density at radius 3 is 1.70 bits per heavy atom. The van der Waals surface area contributed by atoms with Crippen molar-refractivity contribution < 1.29 is 104 Å². The highest BCUT2D eigenvalue weighted by Gasteiger charge is 2.52. The molecular weight excluding hydrogens is 1150 g/mol. The molecule has 9 rings (SSSR count). The number of aromatic nitrogens is 10. The van der Waals surface area contributed by atoms with Crippen molar-refractivity contribution in [1.82, 2.24) is 49.0 Å². The highest BCUT2D eigenvalue weighted by Crippen LogP contribution is 2.63. The van der Waals surface area contributed by atoms with E-state index in [0.717, 1.165) is 28.9 Å². The zero-order chi connectivity index (χ0) is 57.4. The summed E-state index contributed by atoms with van der Waals surface area (Å²) < 4.78 is 111. The van der Waals surface area contributed by atoms with Gasteiger partial charge >= 0.3 is 0 Å². The smallest absolute Gasteiger partial charge is 0.280 e. The van der Waals surface area contributed by atoms with Crippen molar-refractivity contribution in [2.45, 2.75) is 93.6 Å². The molecule has 0 saturated carbocycles. The van der Waals surface area contributed by atoms with Crippen LogP contribution in [0.3, 0.4) is 0 Å². The van der Waals surface area contributed by atoms with E-state index in [9.17, 15) is 67.5 Å². The zero-order valence-electron chi connectivity index (χ0n) is 40.9. The number of aromatic amines is 3. The van der Waals surface area contributed by atoms with Gasteiger partial charge in [-0.05, 0) is 13.8 Å². The molecule has 0 bridgehead atoms. The Morgan fingerprint density at radius 2 is 1.14 bits per heavy atom. The van der Waals surface area contributed by atoms with E-state index in [1.807, 2.05) is 0 Å². The first-order chi connectivity index (χ1) is 37.0. The number of rotatable bonds is 21. The second-order valence-electron chi connectivity index (χ2n) is 17.9. The van der Waals surface area contributed by atoms with Gasteiger partial charge in [0.1, 0.15) is 60.6 Å². The van der Waals surface area contributed by atoms with Gasteiger partial charge in [-0.25, -0.2) is 18.6 Å². The number of nitrogen functional groups attached to an aromatic ring is 3. The van der Waals surface area contributed by atoms with E-state index in [4.69, 9.17) is 54.5 Å². The minimum atomic E-state index is -6.61. The number of aliphatic hydroxyl groups is 3. The van der Waals surface area contributed by atoms with Crippen LogP contribution in [0.5, 0.6) is 0 Å². The molecule has 0 aliphatic carbocycles. The van der Waals surface area contributed by atoms with Gasteiger partial charge in [-0.15, -0.1) is 0 Å². The van der Waals surface area contributed by atoms with Gasteiger partial charge in [-0.2, -0.15) is 15.0 Å². The van der Waals surface area contributed by atoms with Gasteiger partial charge in [-0.1, -0.05) is 0 Å². The number of H-pyrrole nitrogens is 3. The molecule has 0 amide bonds. The van der Waals surface area contributed by atoms with Crippen LogP contribution in [0.2, 0.25) is 0 Å². The minimum Gasteiger partial charge on any atom is -0.756 e. The van der Waals surface area contributed by atoms with E-state index in [2.05, 4.69) is 53.0 Å². The largest absolute Gasteiger partial charge is 0.756 e. The van der Waals surface area contributed by atoms with Crippen LogP contribution in [0.25, 0.3) is 22.3 Å². The van der Waals surface area contributed by atoms with Gasteiger partial charge in [0.2, 0.25) is 17.8 Å². The van der Waals surface area contributed by atoms with E-state index < -0.39 is 153 Å². The molecule has 16 atom stereocenters. The third kappa shape index (κ3) is 12.1. The fourth-order valence-electron chi connectivity index (χ4n) is 8.96. The lowest BCUT2D eigenvalue weighted by Crippen LogP contribution is -2.45. The Labute approximate surface area is 439 Å². The van der Waals surface area contributed by atoms with Crippen LogP contribution in [0.15, 0.2) is 27.0 Å². The fraction of sp³-hybridized carbons (Fsp3) is 0.600. The van der Waals surface area contributed by atoms with Crippen molar-refractivity contribution >= 4 is 83.0 Å². The Morgan fingerprint density at radius 1 is 0.658 bits per heavy atom. The quantitative estimate of drug-likeness (QED) is 0.0309. The number of aliphatic hydroxyl groups excluding tert-OH is 3. The normalized spacial score (nSPS) is 30.3. The molecule has 5 aromatic heterocycles. The van der Waals surface area contributed by atoms with E-state index in [1.54, 1.807) is 13.8 Å². The van der Waals surface area contributed by atoms with Crippen molar-refractivity contribution in [1.29, 1.82) is 0 Å². The summed E-state index contributed by atoms with van der Waals surface area (Å²) in [6, 6.07) is 0. The summed E-state index contributed by atoms with van der Waals surface area (Å²) in [6.45, 7) is -0.631. The first-order valence-electron chi connectivity index (χ1n) is 22.8. The molecule has 4 aliphatic heterocycles. The third-order valence-corrected chi connectivity index (χ3v) is 17.2. The fourth-order valence-corrected chi connectivity index (χ4v) is 13.3. The standard InChI is InChI=1S/C35H51N15O25P4/c1-11(2)69-21-13(71-31(20(21)53)48-8-39-15-24(48)41-33(36)44-27(15)54)6-66-76(57,58)73-22-14(72-32(23(22)65-4)49-9-40-16-25(49)42-34(37)45-28(16)55)7-68-78(61,62)75-79(63,64)74-77(59,60)67-5-12-18(51)19(52)30(70-12)50-10-47(3)17-26(50)43-35(38)46-29(17)56/h8-9,11-14,18-23,30-32,51-53H,5-7,10H2,1-4H3,(H,57,58)(H,59,60)(H,61,62)(H,63,64)(H3,36,41,44,54)(H3,37,42,45,55)(H3,38,43,46,56)/p-4/t12-,13-,14-,18+,19?,20+,21?,22?,23+,30-,31-,32-/m1/s1. The molecule has 40 nitrogen and oxygen atoms in total. The monoisotopic (exact) mass is 1200 g/mol. The maximum Gasteiger partial charge on any atom is 0.280 e. The van der Waals surface area contributed by atoms with Crippen LogP contribution in [0.4, 0.5) is 29.4 Å². The molecule has 436 valence electrons. The van der Waals surface area contributed by atoms with Crippen LogP contribution >= 0.6 is 31.3 Å². The first-order valence-corrected chi connectivity index (χ1v) is 28.6. The van der Waals surface area contributed by atoms with Crippen LogP contribution in [-0.4, -0.2) is 172 Å². The molecule has 79 heavy (non-hydrogen) atoms. The van der Waals surface area contributed by atoms with Crippen molar-refractivity contribution in [3.63, 3.8) is 0 Å². The average Bonchev–Trinajstić information content (AvgIpc) is 4.38. The van der Waals surface area contributed by atoms with Gasteiger partial charge < -0.3 is 104 Å². The number of hydrogen-bond acceptors (Lipinski definition) is 35. The van der Waals surface area contributed by atoms with Crippen LogP contribution in [0.1, 0.15) is 26.3 Å². The Bertz CT molecular complexity index is 3490. The zero-order valence-corrected chi connectivity index (χ0v) is 44.4. The Hall–Kier alpha value is -5.22. The molecule has 7 unspecified atom stereocenters. The number of imidazole rings is 2. The number of methoxy groups -OCH3 is 1. The topological polar surface area (TPSA) is 580 Å². The molecule has 3 fully saturated rings. The summed E-state index contributed by atoms with van der Waals surface area (Å²) >= 11 is 0. The average molecular weight is 1200 g/mol. The summed E-state index contributed by atoms with van der Waals surface area (Å²) in [5.41, 5.74) is 14.0. The number of phosphoric ester groups is 3. The number of anilines is 5. The van der Waals surface area contributed by atoms with Crippen LogP contribution in [-0.2, 0) is 68.7 Å². The van der Waals surface area contributed by atoms with Crippen molar-refractivity contribution in [2.24, 2.45) is 0 Å². The maximum absolute atomic E-state index is 13.8. The molecular formula is C35H47N15O25P4-4. The van der Waals surface area contributed by atoms with Crippen molar-refractivity contribution in [2.75, 3.05) is 67.6 Å². The summed E-state index contributed by atoms with van der Waals surface area (Å²) in [5, 5.41) is 32.9. The first kappa shape index (κ1) is 58.4. The minimum absolute atomic E-state index is 0.00231. The number of ether oxygens (including phenoxy) is 5. The second kappa shape index (κ2) is 21.9. The molecule has 0 aromatic carbocycles. The predicted molar refractivity (Wildman–Crippen MR) is 251 cm³/mol. The Kier molecular flexibility index (Phi) is 16.2. The lowest BCUT2D eigenvalue weighted by atomic mass is 10.1. The molecule has 0 spiro atoms. The molecule has 12 N–H and O–H groups in total. The number of fused-ring (bicyclic) bond motifs is 3. The highest BCUT2D eigenvalue weighted by atomic mass is 31.3. The third-order valence-electron chi connectivity index (χ3n) is 12.1. The molecule has 9 heterocycles. The summed E-state index contributed by atoms with van der Waals surface area (Å²) in [4.78, 5) is 119. The molecule has 5 aromatic rings. The number of phosphoric acid groups is 4. The van der Waals surface area contributed by atoms with E-state index in [1.165, 1.54) is 16.8 Å². The van der Waals surface area contributed by atoms with Gasteiger partial charge in [0.05, 0.1) is 45.2 Å². The molecule has 4 aliphatic rings. The van der Waals surface area contributed by atoms with E-state index >= 15 is 0 Å². The van der Waals surface area contributed by atoms with Gasteiger partial charge in [0, 0.05) is 14.2 Å². The molecule has 3 saturated heterocycles. The highest BCUT2D eigenvalue weighted by molar-refractivity contribution is 7.65. The molecule has 44 heteroatoms. The predicted octanol–water partition coefficient (Wildman–Crippen LogP) is -6.25. The number of nitrogens with one attached hydrogen (secondary N) is 3. The van der Waals surface area contributed by atoms with Crippen LogP contribution in [0, 0.1) is 0 Å². The summed E-state index contributed by atoms with van der Waals surface area (Å²) in [5.74, 6) is -1.13. The number of nitrogens with two attached hydrogens (primary N) is 3. The lowest BCUT2D eigenvalue weighted by molar-refractivity contribution is -0.252. The summed E-state index contributed by atoms with van der Waals surface area (Å²) in [7, 11) is -22.4. The van der Waals surface area contributed by atoms with Gasteiger partial charge in [0.25, 0.3) is 48.0 Å². The number of nitrogens with zero attached hydrogens (tertiary/aromatic N) is 9. The number of hydrogen-bond donors (Lipinski definition) is 9. The Balaban J connectivity index is 0.881. The summed E-state index contributed by atoms with van der Waals surface area (Å²) in [6.07, 6.45) is -18.8. The molecule has 0 radical (unpaired) electrons. The second-order valence-corrected chi connectivity index (χ2v) is 23.8. The van der Waals surface area contributed by atoms with Crippen molar-refractivity contribution in [3.8, 4) is 0 Å². The lowest BCUT2D eigenvalue weighted by Gasteiger charge is -2.35.